The van der Waals surface area contributed by atoms with Gasteiger partial charge in [0.15, 0.2) is 5.69 Å². The molecule has 0 spiro atoms. The number of ether oxygens (including phenoxy) is 3. The van der Waals surface area contributed by atoms with Gasteiger partial charge in [-0.1, -0.05) is 6.07 Å². The fourth-order valence-corrected chi connectivity index (χ4v) is 3.44. The number of quaternary nitrogens is 1. The minimum atomic E-state index is -1.15. The quantitative estimate of drug-likeness (QED) is 0.240. The summed E-state index contributed by atoms with van der Waals surface area (Å²) in [6.45, 7) is 1.87. The average molecular weight is 463 g/mol. The summed E-state index contributed by atoms with van der Waals surface area (Å²) in [4.78, 5) is 25.4. The Bertz CT molecular complexity index is 1340. The maximum Gasteiger partial charge on any atom is 0.343 e. The lowest BCUT2D eigenvalue weighted by molar-refractivity contribution is -0.991. The molecular formula is C25H21NO8. The monoisotopic (exact) mass is 463 g/mol. The SMILES string of the molecule is CCOC(=O)c1c(-c2ccc(OC)cc2)oc2ccc(OC(=O)c3cccc([NH+]([O-])O)c3)cc12. The van der Waals surface area contributed by atoms with Crippen molar-refractivity contribution < 1.29 is 38.7 Å². The molecule has 174 valence electrons. The lowest BCUT2D eigenvalue weighted by atomic mass is 10.1. The molecule has 0 fully saturated rings. The Labute approximate surface area is 194 Å². The number of carbonyl (C=O) groups is 2. The van der Waals surface area contributed by atoms with Crippen LogP contribution in [0.4, 0.5) is 5.69 Å². The Balaban J connectivity index is 1.73. The maximum absolute atomic E-state index is 12.8. The summed E-state index contributed by atoms with van der Waals surface area (Å²) >= 11 is 0. The van der Waals surface area contributed by atoms with Gasteiger partial charge in [0.1, 0.15) is 28.4 Å². The highest BCUT2D eigenvalue weighted by Gasteiger charge is 2.24. The highest BCUT2D eigenvalue weighted by atomic mass is 16.8. The van der Waals surface area contributed by atoms with Crippen molar-refractivity contribution in [2.45, 2.75) is 6.92 Å². The Hall–Kier alpha value is -4.18. The van der Waals surface area contributed by atoms with Gasteiger partial charge in [-0.3, -0.25) is 0 Å². The lowest BCUT2D eigenvalue weighted by Crippen LogP contribution is -2.99. The minimum Gasteiger partial charge on any atom is -0.595 e. The van der Waals surface area contributed by atoms with Crippen molar-refractivity contribution >= 4 is 28.6 Å². The number of hydrogen-bond donors (Lipinski definition) is 2. The van der Waals surface area contributed by atoms with Crippen LogP contribution in [0.25, 0.3) is 22.3 Å². The Kier molecular flexibility index (Phi) is 6.60. The average Bonchev–Trinajstić information content (AvgIpc) is 3.23. The van der Waals surface area contributed by atoms with E-state index < -0.39 is 17.2 Å². The number of esters is 2. The second kappa shape index (κ2) is 9.75. The van der Waals surface area contributed by atoms with E-state index in [0.29, 0.717) is 28.0 Å². The molecule has 2 N–H and O–H groups in total. The topological polar surface area (TPSA) is 123 Å². The van der Waals surface area contributed by atoms with Crippen molar-refractivity contribution in [1.29, 1.82) is 0 Å². The number of furan rings is 1. The third-order valence-corrected chi connectivity index (χ3v) is 5.05. The number of rotatable bonds is 7. The molecule has 1 unspecified atom stereocenters. The molecule has 0 saturated carbocycles. The molecule has 0 radical (unpaired) electrons. The Morgan fingerprint density at radius 1 is 1.00 bits per heavy atom. The molecule has 4 aromatic rings. The molecule has 9 nitrogen and oxygen atoms in total. The summed E-state index contributed by atoms with van der Waals surface area (Å²) in [5.74, 6) is -0.193. The van der Waals surface area contributed by atoms with Crippen molar-refractivity contribution in [3.63, 3.8) is 0 Å². The Morgan fingerprint density at radius 2 is 1.74 bits per heavy atom. The van der Waals surface area contributed by atoms with E-state index in [9.17, 15) is 14.8 Å². The molecule has 0 amide bonds. The van der Waals surface area contributed by atoms with E-state index >= 15 is 0 Å². The molecular weight excluding hydrogens is 442 g/mol. The first-order valence-electron chi connectivity index (χ1n) is 10.3. The number of fused-ring (bicyclic) bond motifs is 1. The Morgan fingerprint density at radius 3 is 2.41 bits per heavy atom. The van der Waals surface area contributed by atoms with Crippen LogP contribution in [0.5, 0.6) is 11.5 Å². The first kappa shape index (κ1) is 23.0. The van der Waals surface area contributed by atoms with Crippen LogP contribution in [-0.4, -0.2) is 30.9 Å². The molecule has 34 heavy (non-hydrogen) atoms. The molecule has 0 aliphatic rings. The van der Waals surface area contributed by atoms with Crippen LogP contribution in [0, 0.1) is 5.21 Å². The highest BCUT2D eigenvalue weighted by molar-refractivity contribution is 6.09. The highest BCUT2D eigenvalue weighted by Crippen LogP contribution is 2.36. The number of methoxy groups -OCH3 is 1. The normalized spacial score (nSPS) is 11.8. The smallest absolute Gasteiger partial charge is 0.343 e. The van der Waals surface area contributed by atoms with Crippen LogP contribution in [-0.2, 0) is 4.74 Å². The molecule has 3 aromatic carbocycles. The van der Waals surface area contributed by atoms with E-state index in [2.05, 4.69) is 0 Å². The summed E-state index contributed by atoms with van der Waals surface area (Å²) in [7, 11) is 1.56. The van der Waals surface area contributed by atoms with Crippen molar-refractivity contribution in [2.75, 3.05) is 13.7 Å². The van der Waals surface area contributed by atoms with Crippen molar-refractivity contribution in [1.82, 2.24) is 0 Å². The summed E-state index contributed by atoms with van der Waals surface area (Å²) in [6, 6.07) is 17.2. The summed E-state index contributed by atoms with van der Waals surface area (Å²) in [5, 5.41) is 19.6. The van der Waals surface area contributed by atoms with Gasteiger partial charge in [0.25, 0.3) is 0 Å². The largest absolute Gasteiger partial charge is 0.595 e. The maximum atomic E-state index is 12.8. The third kappa shape index (κ3) is 4.62. The van der Waals surface area contributed by atoms with Gasteiger partial charge >= 0.3 is 11.9 Å². The molecule has 4 rings (SSSR count). The van der Waals surface area contributed by atoms with Crippen LogP contribution in [0.3, 0.4) is 0 Å². The number of nitrogens with one attached hydrogen (secondary N) is 1. The molecule has 0 saturated heterocycles. The number of carbonyl (C=O) groups excluding carboxylic acids is 2. The fraction of sp³-hybridized carbons (Fsp3) is 0.120. The molecule has 0 aliphatic carbocycles. The zero-order valence-electron chi connectivity index (χ0n) is 18.4. The molecule has 1 heterocycles. The lowest BCUT2D eigenvalue weighted by Gasteiger charge is -2.12. The fourth-order valence-electron chi connectivity index (χ4n) is 3.44. The van der Waals surface area contributed by atoms with Gasteiger partial charge in [0.05, 0.1) is 19.3 Å². The first-order chi connectivity index (χ1) is 16.4. The zero-order chi connectivity index (χ0) is 24.2. The van der Waals surface area contributed by atoms with Gasteiger partial charge in [0.2, 0.25) is 0 Å². The van der Waals surface area contributed by atoms with Gasteiger partial charge in [-0.15, -0.1) is 0 Å². The van der Waals surface area contributed by atoms with Gasteiger partial charge in [-0.2, -0.15) is 5.23 Å². The second-order valence-electron chi connectivity index (χ2n) is 7.19. The number of benzene rings is 3. The van der Waals surface area contributed by atoms with Crippen LogP contribution in [0.2, 0.25) is 0 Å². The molecule has 1 aromatic heterocycles. The van der Waals surface area contributed by atoms with Crippen LogP contribution in [0.1, 0.15) is 27.6 Å². The van der Waals surface area contributed by atoms with E-state index in [1.807, 2.05) is 0 Å². The van der Waals surface area contributed by atoms with Crippen molar-refractivity contribution in [3.05, 3.63) is 83.1 Å². The van der Waals surface area contributed by atoms with Gasteiger partial charge in [0, 0.05) is 23.1 Å². The first-order valence-corrected chi connectivity index (χ1v) is 10.3. The molecule has 0 bridgehead atoms. The van der Waals surface area contributed by atoms with E-state index in [-0.39, 0.29) is 29.2 Å². The van der Waals surface area contributed by atoms with Gasteiger partial charge in [-0.25, -0.2) is 14.8 Å². The molecule has 1 atom stereocenters. The second-order valence-corrected chi connectivity index (χ2v) is 7.19. The predicted molar refractivity (Wildman–Crippen MR) is 121 cm³/mol. The minimum absolute atomic E-state index is 0.0338. The number of hydrogen-bond acceptors (Lipinski definition) is 8. The van der Waals surface area contributed by atoms with E-state index in [1.54, 1.807) is 44.4 Å². The zero-order valence-corrected chi connectivity index (χ0v) is 18.4. The van der Waals surface area contributed by atoms with E-state index in [1.165, 1.54) is 36.4 Å². The van der Waals surface area contributed by atoms with Crippen molar-refractivity contribution in [3.8, 4) is 22.8 Å². The van der Waals surface area contributed by atoms with Gasteiger partial charge in [-0.05, 0) is 55.5 Å². The van der Waals surface area contributed by atoms with Crippen molar-refractivity contribution in [2.24, 2.45) is 0 Å². The summed E-state index contributed by atoms with van der Waals surface area (Å²) in [6.07, 6.45) is 0. The predicted octanol–water partition coefficient (Wildman–Crippen LogP) is 3.91. The third-order valence-electron chi connectivity index (χ3n) is 5.05. The van der Waals surface area contributed by atoms with Gasteiger partial charge < -0.3 is 23.8 Å². The molecule has 9 heteroatoms. The summed E-state index contributed by atoms with van der Waals surface area (Å²) in [5.41, 5.74) is 1.30. The van der Waals surface area contributed by atoms with E-state index in [4.69, 9.17) is 23.8 Å². The van der Waals surface area contributed by atoms with Crippen LogP contribution < -0.4 is 14.7 Å². The van der Waals surface area contributed by atoms with Crippen LogP contribution in [0.15, 0.2) is 71.1 Å². The molecule has 0 aliphatic heterocycles. The standard InChI is InChI=1S/C25H21NO8/c1-3-32-25(28)22-20-14-19(33-24(27)16-5-4-6-17(13-16)26(29)30)11-12-21(20)34-23(22)15-7-9-18(31-2)10-8-15/h4-14,26,29H,3H2,1-2H3. The summed E-state index contributed by atoms with van der Waals surface area (Å²) < 4.78 is 21.8. The van der Waals surface area contributed by atoms with Crippen LogP contribution >= 0.6 is 0 Å². The van der Waals surface area contributed by atoms with E-state index in [0.717, 1.165) is 0 Å².